The quantitative estimate of drug-likeness (QED) is 0.251. The number of aromatic nitrogens is 2. The maximum absolute atomic E-state index is 14.6. The van der Waals surface area contributed by atoms with Crippen LogP contribution in [0.25, 0.3) is 15.6 Å². The van der Waals surface area contributed by atoms with Gasteiger partial charge in [0.2, 0.25) is 6.54 Å². The van der Waals surface area contributed by atoms with E-state index in [1.807, 2.05) is 18.2 Å². The molecule has 0 aliphatic carbocycles. The first kappa shape index (κ1) is 30.6. The van der Waals surface area contributed by atoms with Crippen LogP contribution in [0.4, 0.5) is 20.3 Å². The predicted molar refractivity (Wildman–Crippen MR) is 173 cm³/mol. The van der Waals surface area contributed by atoms with Crippen LogP contribution in [-0.2, 0) is 17.8 Å². The summed E-state index contributed by atoms with van der Waals surface area (Å²) in [5, 5.41) is 1.61. The number of likely N-dealkylation sites (N-methyl/N-ethyl adjacent to an activating group) is 1. The van der Waals surface area contributed by atoms with Crippen molar-refractivity contribution in [3.05, 3.63) is 76.3 Å². The van der Waals surface area contributed by atoms with Gasteiger partial charge in [-0.1, -0.05) is 36.4 Å². The lowest BCUT2D eigenvalue weighted by molar-refractivity contribution is -0.131. The van der Waals surface area contributed by atoms with E-state index in [0.29, 0.717) is 56.5 Å². The largest absolute Gasteiger partial charge is 0.461 e. The lowest BCUT2D eigenvalue weighted by Gasteiger charge is -2.41. The van der Waals surface area contributed by atoms with Crippen LogP contribution in [0, 0.1) is 12.4 Å². The van der Waals surface area contributed by atoms with E-state index in [4.69, 9.17) is 32.9 Å². The number of halogens is 3. The highest BCUT2D eigenvalue weighted by Crippen LogP contribution is 2.45. The summed E-state index contributed by atoms with van der Waals surface area (Å²) in [5.74, 6) is -1.56. The van der Waals surface area contributed by atoms with Crippen molar-refractivity contribution in [2.75, 3.05) is 56.2 Å². The molecule has 0 saturated carbocycles. The third-order valence-corrected chi connectivity index (χ3v) is 10.9. The van der Waals surface area contributed by atoms with Gasteiger partial charge in [0.05, 0.1) is 22.8 Å². The molecule has 240 valence electrons. The Labute approximate surface area is 272 Å². The molecule has 1 amide bonds. The molecule has 12 heteroatoms. The van der Waals surface area contributed by atoms with Crippen LogP contribution in [0.1, 0.15) is 36.9 Å². The number of carbonyl (C=O) groups excluding carboxylic acids is 1. The molecule has 1 aromatic heterocycles. The average molecular weight is 648 g/mol. The minimum atomic E-state index is -1.03. The fourth-order valence-corrected chi connectivity index (χ4v) is 8.19. The van der Waals surface area contributed by atoms with E-state index in [-0.39, 0.29) is 29.7 Å². The first-order chi connectivity index (χ1) is 22.2. The van der Waals surface area contributed by atoms with E-state index < -0.39 is 23.6 Å². The van der Waals surface area contributed by atoms with Crippen LogP contribution in [-0.4, -0.2) is 89.7 Å². The Kier molecular flexibility index (Phi) is 7.97. The number of piperazine rings is 1. The fraction of sp³-hybridized carbons (Fsp3) is 0.471. The fourth-order valence-electron chi connectivity index (χ4n) is 7.92. The topological polar surface area (TPSA) is 69.4 Å². The number of rotatable bonds is 7. The van der Waals surface area contributed by atoms with E-state index in [2.05, 4.69) is 33.2 Å². The molecule has 4 aliphatic heterocycles. The molecular formula is C34H36ClF2N7O2. The summed E-state index contributed by atoms with van der Waals surface area (Å²) in [6, 6.07) is 9.29. The summed E-state index contributed by atoms with van der Waals surface area (Å²) < 4.78 is 34.9. The van der Waals surface area contributed by atoms with Gasteiger partial charge in [0.1, 0.15) is 24.3 Å². The Balaban J connectivity index is 1.24. The van der Waals surface area contributed by atoms with Crippen molar-refractivity contribution >= 4 is 39.8 Å². The molecule has 2 aromatic carbocycles. The third kappa shape index (κ3) is 5.21. The molecule has 46 heavy (non-hydrogen) atoms. The van der Waals surface area contributed by atoms with Crippen molar-refractivity contribution in [3.8, 4) is 6.01 Å². The number of anilines is 2. The summed E-state index contributed by atoms with van der Waals surface area (Å²) in [5.41, 5.74) is 2.57. The van der Waals surface area contributed by atoms with Crippen LogP contribution in [0.3, 0.4) is 0 Å². The number of benzene rings is 2. The molecule has 4 aliphatic rings. The average Bonchev–Trinajstić information content (AvgIpc) is 3.55. The molecule has 3 aromatic rings. The number of fused-ring (bicyclic) bond motifs is 4. The Morgan fingerprint density at radius 1 is 1.17 bits per heavy atom. The van der Waals surface area contributed by atoms with Crippen LogP contribution >= 0.6 is 11.6 Å². The van der Waals surface area contributed by atoms with Gasteiger partial charge in [-0.3, -0.25) is 9.69 Å². The number of amides is 1. The Hall–Kier alpha value is -4.01. The second-order valence-corrected chi connectivity index (χ2v) is 13.2. The lowest BCUT2D eigenvalue weighted by atomic mass is 9.88. The Morgan fingerprint density at radius 3 is 2.70 bits per heavy atom. The SMILES string of the molecule is [C-]#[N+]C[C@H]1CN(c2nc(OCC34CCC(CC3)N4C)nc3c2CCN(c2cccc4ccc(F)c(Cl)c24)C3)CCN1C(=O)C(=C)F. The van der Waals surface area contributed by atoms with Gasteiger partial charge in [-0.25, -0.2) is 15.4 Å². The third-order valence-electron chi connectivity index (χ3n) is 10.5. The maximum Gasteiger partial charge on any atom is 0.318 e. The number of nitrogens with zero attached hydrogens (tertiary/aromatic N) is 7. The van der Waals surface area contributed by atoms with Gasteiger partial charge in [0.25, 0.3) is 5.91 Å². The Bertz CT molecular complexity index is 1760. The van der Waals surface area contributed by atoms with E-state index in [0.717, 1.165) is 48.0 Å². The molecule has 9 nitrogen and oxygen atoms in total. The van der Waals surface area contributed by atoms with Gasteiger partial charge in [-0.05, 0) is 56.7 Å². The summed E-state index contributed by atoms with van der Waals surface area (Å²) in [4.78, 5) is 34.1. The van der Waals surface area contributed by atoms with Gasteiger partial charge < -0.3 is 24.3 Å². The zero-order chi connectivity index (χ0) is 32.2. The lowest BCUT2D eigenvalue weighted by Crippen LogP contribution is -2.57. The number of carbonyl (C=O) groups is 1. The molecule has 0 N–H and O–H groups in total. The van der Waals surface area contributed by atoms with E-state index in [1.165, 1.54) is 11.0 Å². The minimum absolute atomic E-state index is 0.0264. The standard InChI is InChI=1S/C34H36ClF2N7O2/c1-21(36)32(45)44-16-15-43(18-24(44)17-38-2)31-25-11-14-42(28-6-4-5-22-7-8-26(37)30(35)29(22)28)19-27(25)39-33(40-31)46-20-34-12-9-23(10-13-34)41(34)3/h4-8,23-24H,1,9-20H2,3H3/t23?,24-,34?/m0/s1. The number of hydrogen-bond acceptors (Lipinski definition) is 7. The first-order valence-corrected chi connectivity index (χ1v) is 16.2. The second kappa shape index (κ2) is 12.0. The van der Waals surface area contributed by atoms with Crippen molar-refractivity contribution in [2.45, 2.75) is 56.3 Å². The van der Waals surface area contributed by atoms with Gasteiger partial charge in [-0.2, -0.15) is 9.97 Å². The summed E-state index contributed by atoms with van der Waals surface area (Å²) in [6.45, 7) is 13.2. The summed E-state index contributed by atoms with van der Waals surface area (Å²) >= 11 is 6.51. The van der Waals surface area contributed by atoms with Gasteiger partial charge in [0, 0.05) is 48.9 Å². The highest BCUT2D eigenvalue weighted by molar-refractivity contribution is 6.36. The smallest absolute Gasteiger partial charge is 0.318 e. The zero-order valence-corrected chi connectivity index (χ0v) is 26.6. The molecule has 2 bridgehead atoms. The number of hydrogen-bond donors (Lipinski definition) is 0. The molecule has 3 fully saturated rings. The van der Waals surface area contributed by atoms with Crippen molar-refractivity contribution in [2.24, 2.45) is 0 Å². The highest BCUT2D eigenvalue weighted by atomic mass is 35.5. The van der Waals surface area contributed by atoms with Crippen molar-refractivity contribution in [1.82, 2.24) is 19.8 Å². The zero-order valence-electron chi connectivity index (χ0n) is 25.8. The maximum atomic E-state index is 14.6. The predicted octanol–water partition coefficient (Wildman–Crippen LogP) is 5.41. The van der Waals surface area contributed by atoms with E-state index in [1.54, 1.807) is 6.07 Å². The van der Waals surface area contributed by atoms with Crippen LogP contribution in [0.2, 0.25) is 5.02 Å². The molecule has 3 saturated heterocycles. The van der Waals surface area contributed by atoms with E-state index in [9.17, 15) is 13.6 Å². The van der Waals surface area contributed by atoms with Crippen LogP contribution in [0.15, 0.2) is 42.7 Å². The molecular weight excluding hydrogens is 612 g/mol. The van der Waals surface area contributed by atoms with E-state index >= 15 is 0 Å². The summed E-state index contributed by atoms with van der Waals surface area (Å²) in [7, 11) is 2.17. The minimum Gasteiger partial charge on any atom is -0.461 e. The molecule has 7 rings (SSSR count). The van der Waals surface area contributed by atoms with Crippen LogP contribution in [0.5, 0.6) is 6.01 Å². The molecule has 0 unspecified atom stereocenters. The van der Waals surface area contributed by atoms with Crippen molar-refractivity contribution < 1.29 is 18.3 Å². The molecule has 5 heterocycles. The van der Waals surface area contributed by atoms with Gasteiger partial charge in [-0.15, -0.1) is 0 Å². The number of ether oxygens (including phenoxy) is 1. The van der Waals surface area contributed by atoms with Crippen LogP contribution < -0.4 is 14.5 Å². The first-order valence-electron chi connectivity index (χ1n) is 15.8. The monoisotopic (exact) mass is 647 g/mol. The Morgan fingerprint density at radius 2 is 1.98 bits per heavy atom. The highest BCUT2D eigenvalue weighted by Gasteiger charge is 2.50. The van der Waals surface area contributed by atoms with Crippen molar-refractivity contribution in [1.29, 1.82) is 0 Å². The molecule has 0 radical (unpaired) electrons. The summed E-state index contributed by atoms with van der Waals surface area (Å²) in [6.07, 6.45) is 5.08. The normalized spacial score (nSPS) is 24.3. The molecule has 0 spiro atoms. The van der Waals surface area contributed by atoms with Crippen molar-refractivity contribution in [3.63, 3.8) is 0 Å². The van der Waals surface area contributed by atoms with Gasteiger partial charge >= 0.3 is 6.01 Å². The second-order valence-electron chi connectivity index (χ2n) is 12.9. The molecule has 1 atom stereocenters. The van der Waals surface area contributed by atoms with Gasteiger partial charge in [0.15, 0.2) is 5.83 Å².